The highest BCUT2D eigenvalue weighted by atomic mass is 16.2. The third-order valence-electron chi connectivity index (χ3n) is 4.52. The molecule has 5 nitrogen and oxygen atoms in total. The molecule has 0 aliphatic heterocycles. The molecule has 1 aromatic heterocycles. The van der Waals surface area contributed by atoms with Crippen LogP contribution < -0.4 is 10.6 Å². The van der Waals surface area contributed by atoms with Crippen LogP contribution in [0.15, 0.2) is 66.9 Å². The first-order valence-corrected chi connectivity index (χ1v) is 9.36. The van der Waals surface area contributed by atoms with Crippen molar-refractivity contribution in [2.24, 2.45) is 0 Å². The number of anilines is 2. The van der Waals surface area contributed by atoms with E-state index < -0.39 is 0 Å². The van der Waals surface area contributed by atoms with Gasteiger partial charge in [-0.05, 0) is 54.3 Å². The second-order valence-corrected chi connectivity index (χ2v) is 6.40. The molecule has 1 heterocycles. The molecule has 0 spiro atoms. The van der Waals surface area contributed by atoms with Gasteiger partial charge in [-0.3, -0.25) is 14.6 Å². The second kappa shape index (κ2) is 8.95. The number of benzene rings is 2. The summed E-state index contributed by atoms with van der Waals surface area (Å²) in [6, 6.07) is 18.4. The molecule has 2 amide bonds. The van der Waals surface area contributed by atoms with E-state index in [4.69, 9.17) is 0 Å². The molecule has 0 aliphatic rings. The Hall–Kier alpha value is -3.47. The first kappa shape index (κ1) is 19.3. The Morgan fingerprint density at radius 1 is 0.857 bits per heavy atom. The predicted octanol–water partition coefficient (Wildman–Crippen LogP) is 4.71. The topological polar surface area (TPSA) is 71.1 Å². The van der Waals surface area contributed by atoms with Crippen molar-refractivity contribution in [3.8, 4) is 0 Å². The number of hydrogen-bond donors (Lipinski definition) is 2. The zero-order chi connectivity index (χ0) is 19.9. The monoisotopic (exact) mass is 373 g/mol. The highest BCUT2D eigenvalue weighted by Gasteiger charge is 2.13. The van der Waals surface area contributed by atoms with Crippen LogP contribution in [0.4, 0.5) is 11.4 Å². The van der Waals surface area contributed by atoms with Gasteiger partial charge in [0.25, 0.3) is 11.8 Å². The lowest BCUT2D eigenvalue weighted by Crippen LogP contribution is -2.17. The lowest BCUT2D eigenvalue weighted by atomic mass is 10.1. The summed E-state index contributed by atoms with van der Waals surface area (Å²) >= 11 is 0. The van der Waals surface area contributed by atoms with Crippen LogP contribution in [0, 0.1) is 0 Å². The number of hydrogen-bond acceptors (Lipinski definition) is 3. The molecule has 0 fully saturated rings. The van der Waals surface area contributed by atoms with E-state index in [-0.39, 0.29) is 17.5 Å². The molecular formula is C23H23N3O2. The summed E-state index contributed by atoms with van der Waals surface area (Å²) < 4.78 is 0. The lowest BCUT2D eigenvalue weighted by molar-refractivity contribution is 0.102. The molecular weight excluding hydrogens is 350 g/mol. The zero-order valence-electron chi connectivity index (χ0n) is 16.0. The number of nitrogens with zero attached hydrogens (tertiary/aromatic N) is 1. The third kappa shape index (κ3) is 4.62. The average molecular weight is 373 g/mol. The number of para-hydroxylation sites is 1. The molecule has 142 valence electrons. The van der Waals surface area contributed by atoms with Crippen molar-refractivity contribution in [1.82, 2.24) is 4.98 Å². The molecule has 0 radical (unpaired) electrons. The van der Waals surface area contributed by atoms with Crippen LogP contribution in [0.5, 0.6) is 0 Å². The number of pyridine rings is 1. The van der Waals surface area contributed by atoms with E-state index in [0.717, 1.165) is 24.1 Å². The van der Waals surface area contributed by atoms with Crippen LogP contribution in [0.2, 0.25) is 0 Å². The standard InChI is InChI=1S/C23H23N3O2/c1-3-16-9-11-19(12-10-16)25-23(28)21-15-18(13-14-24-21)22(27)26-20-8-6-5-7-17(20)4-2/h5-15H,3-4H2,1-2H3,(H,25,28)(H,26,27). The fourth-order valence-corrected chi connectivity index (χ4v) is 2.86. The third-order valence-corrected chi connectivity index (χ3v) is 4.52. The highest BCUT2D eigenvalue weighted by molar-refractivity contribution is 6.08. The van der Waals surface area contributed by atoms with E-state index in [1.54, 1.807) is 6.07 Å². The van der Waals surface area contributed by atoms with Gasteiger partial charge in [0.1, 0.15) is 5.69 Å². The lowest BCUT2D eigenvalue weighted by Gasteiger charge is -2.10. The molecule has 3 aromatic rings. The largest absolute Gasteiger partial charge is 0.322 e. The minimum atomic E-state index is -0.354. The quantitative estimate of drug-likeness (QED) is 0.657. The van der Waals surface area contributed by atoms with Gasteiger partial charge in [-0.1, -0.05) is 44.2 Å². The van der Waals surface area contributed by atoms with E-state index >= 15 is 0 Å². The van der Waals surface area contributed by atoms with Crippen LogP contribution in [-0.2, 0) is 12.8 Å². The molecule has 0 aliphatic carbocycles. The Balaban J connectivity index is 1.73. The number of aromatic nitrogens is 1. The van der Waals surface area contributed by atoms with Crippen LogP contribution in [0.1, 0.15) is 45.8 Å². The van der Waals surface area contributed by atoms with Gasteiger partial charge in [0.15, 0.2) is 0 Å². The molecule has 2 N–H and O–H groups in total. The number of carbonyl (C=O) groups excluding carboxylic acids is 2. The average Bonchev–Trinajstić information content (AvgIpc) is 2.74. The maximum Gasteiger partial charge on any atom is 0.274 e. The van der Waals surface area contributed by atoms with Crippen LogP contribution in [0.3, 0.4) is 0 Å². The summed E-state index contributed by atoms with van der Waals surface area (Å²) in [5.74, 6) is -0.627. The van der Waals surface area contributed by atoms with E-state index in [1.807, 2.05) is 55.5 Å². The molecule has 0 bridgehead atoms. The summed E-state index contributed by atoms with van der Waals surface area (Å²) in [5.41, 5.74) is 4.29. The Morgan fingerprint density at radius 2 is 1.61 bits per heavy atom. The molecule has 2 aromatic carbocycles. The summed E-state index contributed by atoms with van der Waals surface area (Å²) in [5, 5.41) is 5.72. The molecule has 28 heavy (non-hydrogen) atoms. The van der Waals surface area contributed by atoms with Gasteiger partial charge in [-0.2, -0.15) is 0 Å². The van der Waals surface area contributed by atoms with Gasteiger partial charge < -0.3 is 10.6 Å². The van der Waals surface area contributed by atoms with E-state index in [2.05, 4.69) is 22.5 Å². The van der Waals surface area contributed by atoms with Gasteiger partial charge in [-0.25, -0.2) is 0 Å². The van der Waals surface area contributed by atoms with Gasteiger partial charge in [0.05, 0.1) is 0 Å². The number of nitrogens with one attached hydrogen (secondary N) is 2. The second-order valence-electron chi connectivity index (χ2n) is 6.40. The summed E-state index contributed by atoms with van der Waals surface area (Å²) in [6.07, 6.45) is 3.22. The van der Waals surface area contributed by atoms with Crippen molar-refractivity contribution in [2.75, 3.05) is 10.6 Å². The molecule has 0 unspecified atom stereocenters. The SMILES string of the molecule is CCc1ccc(NC(=O)c2cc(C(=O)Nc3ccccc3CC)ccn2)cc1. The smallest absolute Gasteiger partial charge is 0.274 e. The van der Waals surface area contributed by atoms with Crippen molar-refractivity contribution in [3.63, 3.8) is 0 Å². The van der Waals surface area contributed by atoms with Crippen LogP contribution >= 0.6 is 0 Å². The summed E-state index contributed by atoms with van der Waals surface area (Å²) in [7, 11) is 0. The van der Waals surface area contributed by atoms with Crippen LogP contribution in [-0.4, -0.2) is 16.8 Å². The molecule has 0 atom stereocenters. The van der Waals surface area contributed by atoms with Crippen molar-refractivity contribution < 1.29 is 9.59 Å². The number of carbonyl (C=O) groups is 2. The van der Waals surface area contributed by atoms with E-state index in [9.17, 15) is 9.59 Å². The fourth-order valence-electron chi connectivity index (χ4n) is 2.86. The Kier molecular flexibility index (Phi) is 6.17. The highest BCUT2D eigenvalue weighted by Crippen LogP contribution is 2.17. The first-order valence-electron chi connectivity index (χ1n) is 9.36. The zero-order valence-corrected chi connectivity index (χ0v) is 16.0. The molecule has 0 saturated carbocycles. The van der Waals surface area contributed by atoms with E-state index in [1.165, 1.54) is 17.8 Å². The summed E-state index contributed by atoms with van der Waals surface area (Å²) in [6.45, 7) is 4.11. The number of aryl methyl sites for hydroxylation is 2. The predicted molar refractivity (Wildman–Crippen MR) is 112 cm³/mol. The van der Waals surface area contributed by atoms with Gasteiger partial charge in [0, 0.05) is 23.1 Å². The van der Waals surface area contributed by atoms with Crippen LogP contribution in [0.25, 0.3) is 0 Å². The Morgan fingerprint density at radius 3 is 2.32 bits per heavy atom. The first-order chi connectivity index (χ1) is 13.6. The van der Waals surface area contributed by atoms with Crippen molar-refractivity contribution >= 4 is 23.2 Å². The van der Waals surface area contributed by atoms with Crippen molar-refractivity contribution in [1.29, 1.82) is 0 Å². The minimum absolute atomic E-state index is 0.191. The van der Waals surface area contributed by atoms with Crippen molar-refractivity contribution in [2.45, 2.75) is 26.7 Å². The summed E-state index contributed by atoms with van der Waals surface area (Å²) in [4.78, 5) is 29.2. The van der Waals surface area contributed by atoms with Gasteiger partial charge in [0.2, 0.25) is 0 Å². The fraction of sp³-hybridized carbons (Fsp3) is 0.174. The van der Waals surface area contributed by atoms with Crippen molar-refractivity contribution in [3.05, 3.63) is 89.2 Å². The number of amides is 2. The number of rotatable bonds is 6. The Labute approximate surface area is 164 Å². The van der Waals surface area contributed by atoms with Gasteiger partial charge >= 0.3 is 0 Å². The molecule has 5 heteroatoms. The normalized spacial score (nSPS) is 10.4. The Bertz CT molecular complexity index is 981. The molecule has 0 saturated heterocycles. The molecule has 3 rings (SSSR count). The van der Waals surface area contributed by atoms with Gasteiger partial charge in [-0.15, -0.1) is 0 Å². The van der Waals surface area contributed by atoms with E-state index in [0.29, 0.717) is 11.3 Å². The maximum absolute atomic E-state index is 12.6. The minimum Gasteiger partial charge on any atom is -0.322 e. The maximum atomic E-state index is 12.6.